The Morgan fingerprint density at radius 2 is 2.08 bits per heavy atom. The third-order valence-electron chi connectivity index (χ3n) is 3.70. The number of tetrazole rings is 1. The number of thiophene rings is 1. The van der Waals surface area contributed by atoms with Crippen molar-refractivity contribution >= 4 is 29.0 Å². The summed E-state index contributed by atoms with van der Waals surface area (Å²) in [5.41, 5.74) is 1.23. The zero-order valence-corrected chi connectivity index (χ0v) is 15.5. The summed E-state index contributed by atoms with van der Waals surface area (Å²) in [6.07, 6.45) is 0.841. The van der Waals surface area contributed by atoms with Gasteiger partial charge in [-0.2, -0.15) is 0 Å². The molecule has 0 aliphatic heterocycles. The summed E-state index contributed by atoms with van der Waals surface area (Å²) in [7, 11) is 1.77. The number of rotatable bonds is 8. The highest BCUT2D eigenvalue weighted by Crippen LogP contribution is 2.17. The smallest absolute Gasteiger partial charge is 0.233 e. The van der Waals surface area contributed by atoms with E-state index < -0.39 is 0 Å². The van der Waals surface area contributed by atoms with Gasteiger partial charge < -0.3 is 4.90 Å². The highest BCUT2D eigenvalue weighted by atomic mass is 32.2. The SMILES string of the molecule is Cn1nnnc1SCC(=O)N(CCc1ccccc1)Cc1cccs1. The molecule has 2 heterocycles. The van der Waals surface area contributed by atoms with E-state index in [2.05, 4.69) is 33.7 Å². The van der Waals surface area contributed by atoms with Gasteiger partial charge in [0.1, 0.15) is 0 Å². The van der Waals surface area contributed by atoms with E-state index in [-0.39, 0.29) is 5.91 Å². The molecule has 130 valence electrons. The minimum Gasteiger partial charge on any atom is -0.336 e. The van der Waals surface area contributed by atoms with Gasteiger partial charge in [-0.3, -0.25) is 4.79 Å². The molecule has 0 aliphatic rings. The highest BCUT2D eigenvalue weighted by Gasteiger charge is 2.16. The van der Waals surface area contributed by atoms with Crippen molar-refractivity contribution in [1.29, 1.82) is 0 Å². The molecule has 0 spiro atoms. The van der Waals surface area contributed by atoms with Gasteiger partial charge in [-0.25, -0.2) is 4.68 Å². The molecule has 0 unspecified atom stereocenters. The molecule has 2 aromatic heterocycles. The second-order valence-corrected chi connectivity index (χ2v) is 7.48. The van der Waals surface area contributed by atoms with E-state index in [0.717, 1.165) is 6.42 Å². The average molecular weight is 374 g/mol. The maximum atomic E-state index is 12.7. The van der Waals surface area contributed by atoms with Crippen LogP contribution in [0.4, 0.5) is 0 Å². The summed E-state index contributed by atoms with van der Waals surface area (Å²) in [5, 5.41) is 14.0. The third kappa shape index (κ3) is 5.14. The van der Waals surface area contributed by atoms with Gasteiger partial charge in [0.05, 0.1) is 12.3 Å². The molecular weight excluding hydrogens is 354 g/mol. The van der Waals surface area contributed by atoms with E-state index in [1.807, 2.05) is 34.5 Å². The first-order chi connectivity index (χ1) is 12.2. The van der Waals surface area contributed by atoms with Crippen molar-refractivity contribution in [3.8, 4) is 0 Å². The Balaban J connectivity index is 1.62. The standard InChI is InChI=1S/C17H19N5OS2/c1-21-17(18-19-20-21)25-13-16(23)22(12-15-8-5-11-24-15)10-9-14-6-3-2-4-7-14/h2-8,11H,9-10,12-13H2,1H3. The summed E-state index contributed by atoms with van der Waals surface area (Å²) < 4.78 is 1.57. The molecule has 25 heavy (non-hydrogen) atoms. The van der Waals surface area contributed by atoms with Crippen LogP contribution in [0.25, 0.3) is 0 Å². The molecule has 0 saturated heterocycles. The second kappa shape index (κ2) is 8.77. The Labute approximate surface area is 154 Å². The molecule has 0 aliphatic carbocycles. The van der Waals surface area contributed by atoms with Crippen molar-refractivity contribution in [2.24, 2.45) is 7.05 Å². The summed E-state index contributed by atoms with van der Waals surface area (Å²) >= 11 is 3.03. The van der Waals surface area contributed by atoms with Crippen molar-refractivity contribution in [3.05, 3.63) is 58.3 Å². The largest absolute Gasteiger partial charge is 0.336 e. The van der Waals surface area contributed by atoms with Gasteiger partial charge in [0.25, 0.3) is 0 Å². The molecule has 3 aromatic rings. The second-order valence-electron chi connectivity index (χ2n) is 5.50. The number of thioether (sulfide) groups is 1. The molecule has 0 radical (unpaired) electrons. The van der Waals surface area contributed by atoms with E-state index in [0.29, 0.717) is 24.0 Å². The summed E-state index contributed by atoms with van der Waals surface area (Å²) in [4.78, 5) is 15.8. The molecule has 0 N–H and O–H groups in total. The number of aromatic nitrogens is 4. The number of benzene rings is 1. The van der Waals surface area contributed by atoms with E-state index in [4.69, 9.17) is 0 Å². The molecule has 1 amide bonds. The van der Waals surface area contributed by atoms with Gasteiger partial charge >= 0.3 is 0 Å². The van der Waals surface area contributed by atoms with Crippen LogP contribution in [0.1, 0.15) is 10.4 Å². The lowest BCUT2D eigenvalue weighted by Gasteiger charge is -2.22. The molecule has 0 atom stereocenters. The molecule has 0 bridgehead atoms. The maximum Gasteiger partial charge on any atom is 0.233 e. The van der Waals surface area contributed by atoms with Crippen LogP contribution in [0.5, 0.6) is 0 Å². The van der Waals surface area contributed by atoms with E-state index >= 15 is 0 Å². The molecule has 0 fully saturated rings. The number of hydrogen-bond donors (Lipinski definition) is 0. The monoisotopic (exact) mass is 373 g/mol. The summed E-state index contributed by atoms with van der Waals surface area (Å²) in [6.45, 7) is 1.33. The van der Waals surface area contributed by atoms with E-state index in [1.54, 1.807) is 23.1 Å². The number of carbonyl (C=O) groups excluding carboxylic acids is 1. The van der Waals surface area contributed by atoms with Crippen molar-refractivity contribution in [1.82, 2.24) is 25.1 Å². The number of hydrogen-bond acceptors (Lipinski definition) is 6. The Morgan fingerprint density at radius 1 is 1.24 bits per heavy atom. The molecular formula is C17H19N5OS2. The Bertz CT molecular complexity index is 788. The van der Waals surface area contributed by atoms with Gasteiger partial charge in [0, 0.05) is 18.5 Å². The molecule has 3 rings (SSSR count). The number of amides is 1. The van der Waals surface area contributed by atoms with Crippen LogP contribution in [-0.4, -0.2) is 43.3 Å². The fourth-order valence-corrected chi connectivity index (χ4v) is 3.82. The van der Waals surface area contributed by atoms with Crippen LogP contribution in [0, 0.1) is 0 Å². The number of nitrogens with zero attached hydrogens (tertiary/aromatic N) is 5. The lowest BCUT2D eigenvalue weighted by molar-refractivity contribution is -0.128. The molecule has 8 heteroatoms. The Morgan fingerprint density at radius 3 is 2.76 bits per heavy atom. The normalized spacial score (nSPS) is 10.8. The van der Waals surface area contributed by atoms with Gasteiger partial charge in [-0.05, 0) is 33.9 Å². The van der Waals surface area contributed by atoms with Crippen molar-refractivity contribution in [2.45, 2.75) is 18.1 Å². The quantitative estimate of drug-likeness (QED) is 0.568. The Hall–Kier alpha value is -2.19. The predicted molar refractivity (Wildman–Crippen MR) is 99.4 cm³/mol. The van der Waals surface area contributed by atoms with Crippen molar-refractivity contribution in [2.75, 3.05) is 12.3 Å². The van der Waals surface area contributed by atoms with Crippen LogP contribution in [0.3, 0.4) is 0 Å². The number of carbonyl (C=O) groups is 1. The highest BCUT2D eigenvalue weighted by molar-refractivity contribution is 7.99. The zero-order chi connectivity index (χ0) is 17.5. The van der Waals surface area contributed by atoms with Gasteiger partial charge in [-0.1, -0.05) is 48.2 Å². The molecule has 6 nitrogen and oxygen atoms in total. The van der Waals surface area contributed by atoms with E-state index in [1.165, 1.54) is 22.2 Å². The number of aryl methyl sites for hydroxylation is 1. The Kier molecular flexibility index (Phi) is 6.19. The topological polar surface area (TPSA) is 63.9 Å². The molecule has 1 aromatic carbocycles. The lowest BCUT2D eigenvalue weighted by Crippen LogP contribution is -2.33. The zero-order valence-electron chi connectivity index (χ0n) is 13.9. The van der Waals surface area contributed by atoms with Gasteiger partial charge in [-0.15, -0.1) is 16.4 Å². The van der Waals surface area contributed by atoms with Crippen molar-refractivity contribution < 1.29 is 4.79 Å². The predicted octanol–water partition coefficient (Wildman–Crippen LogP) is 2.64. The van der Waals surface area contributed by atoms with Crippen LogP contribution < -0.4 is 0 Å². The first-order valence-corrected chi connectivity index (χ1v) is 9.78. The first kappa shape index (κ1) is 17.6. The fourth-order valence-electron chi connectivity index (χ4n) is 2.35. The molecule has 0 saturated carbocycles. The average Bonchev–Trinajstić information content (AvgIpc) is 3.29. The van der Waals surface area contributed by atoms with Crippen LogP contribution in [0.15, 0.2) is 53.0 Å². The lowest BCUT2D eigenvalue weighted by atomic mass is 10.1. The summed E-state index contributed by atoms with van der Waals surface area (Å²) in [5.74, 6) is 0.423. The van der Waals surface area contributed by atoms with E-state index in [9.17, 15) is 4.79 Å². The van der Waals surface area contributed by atoms with Gasteiger partial charge in [0.2, 0.25) is 11.1 Å². The third-order valence-corrected chi connectivity index (χ3v) is 5.56. The summed E-state index contributed by atoms with van der Waals surface area (Å²) in [6, 6.07) is 14.3. The van der Waals surface area contributed by atoms with Crippen LogP contribution >= 0.6 is 23.1 Å². The van der Waals surface area contributed by atoms with Gasteiger partial charge in [0.15, 0.2) is 0 Å². The minimum absolute atomic E-state index is 0.0948. The first-order valence-electron chi connectivity index (χ1n) is 7.91. The van der Waals surface area contributed by atoms with Crippen LogP contribution in [-0.2, 0) is 24.8 Å². The maximum absolute atomic E-state index is 12.7. The van der Waals surface area contributed by atoms with Crippen LogP contribution in [0.2, 0.25) is 0 Å². The minimum atomic E-state index is 0.0948. The van der Waals surface area contributed by atoms with Crippen molar-refractivity contribution in [3.63, 3.8) is 0 Å². The fraction of sp³-hybridized carbons (Fsp3) is 0.294.